The number of nitrogens with zero attached hydrogens (tertiary/aromatic N) is 5. The maximum atomic E-state index is 5.09. The fourth-order valence-corrected chi connectivity index (χ4v) is 8.88. The van der Waals surface area contributed by atoms with E-state index in [0.29, 0.717) is 0 Å². The van der Waals surface area contributed by atoms with Crippen LogP contribution in [0.5, 0.6) is 0 Å². The molecule has 0 bridgehead atoms. The van der Waals surface area contributed by atoms with E-state index in [9.17, 15) is 0 Å². The van der Waals surface area contributed by atoms with Crippen LogP contribution in [-0.4, -0.2) is 4.98 Å². The molecule has 0 aliphatic carbocycles. The molecule has 8 aromatic carbocycles. The van der Waals surface area contributed by atoms with Crippen LogP contribution < -0.4 is 19.6 Å². The van der Waals surface area contributed by atoms with E-state index in [2.05, 4.69) is 259 Å². The van der Waals surface area contributed by atoms with Crippen LogP contribution in [0.3, 0.4) is 0 Å². The van der Waals surface area contributed by atoms with Crippen LogP contribution in [0.15, 0.2) is 206 Å². The molecule has 64 heavy (non-hydrogen) atoms. The van der Waals surface area contributed by atoms with Crippen molar-refractivity contribution < 1.29 is 21.1 Å². The van der Waals surface area contributed by atoms with Crippen molar-refractivity contribution in [2.75, 3.05) is 19.6 Å². The fraction of sp³-hybridized carbons (Fsp3) is 0.0690. The normalized spacial score (nSPS) is 12.6. The standard InChI is InChI=1S/C58H44N5.Pt/c1-58(2,3)43-33-34-59-57(37-43)63-53-28-16-15-27-51(53)49-25-13-14-26-50(49)52-32-31-46(39-56(52)63)62(45-23-11-6-12-24-45)48-36-42(41-19-7-4-8-20-41)35-47(38-48)61-40-60(44-21-9-5-10-22-44)54-29-17-18-30-55(54)61;/h4-37,40H,1-3H3;/q-3;. The van der Waals surface area contributed by atoms with Crippen LogP contribution in [0, 0.1) is 18.8 Å². The molecule has 5 nitrogen and oxygen atoms in total. The Kier molecular flexibility index (Phi) is 10.7. The number of anilines is 10. The number of fused-ring (bicyclic) bond motifs is 6. The summed E-state index contributed by atoms with van der Waals surface area (Å²) in [6.45, 7) is 8.93. The zero-order chi connectivity index (χ0) is 42.5. The van der Waals surface area contributed by atoms with Crippen LogP contribution in [0.4, 0.5) is 57.0 Å². The number of para-hydroxylation sites is 5. The van der Waals surface area contributed by atoms with E-state index in [4.69, 9.17) is 4.98 Å². The maximum absolute atomic E-state index is 5.09. The summed E-state index contributed by atoms with van der Waals surface area (Å²) in [6, 6.07) is 78.9. The van der Waals surface area contributed by atoms with Crippen molar-refractivity contribution in [3.63, 3.8) is 0 Å². The number of hydrogen-bond acceptors (Lipinski definition) is 5. The minimum absolute atomic E-state index is 0. The number of rotatable bonds is 7. The molecule has 9 aromatic rings. The Labute approximate surface area is 390 Å². The summed E-state index contributed by atoms with van der Waals surface area (Å²) in [7, 11) is 0. The Morgan fingerprint density at radius 2 is 1.09 bits per heavy atom. The van der Waals surface area contributed by atoms with Crippen molar-refractivity contribution >= 4 is 57.0 Å². The van der Waals surface area contributed by atoms with Gasteiger partial charge in [0.25, 0.3) is 0 Å². The second-order valence-corrected chi connectivity index (χ2v) is 17.0. The van der Waals surface area contributed by atoms with Gasteiger partial charge in [0, 0.05) is 55.6 Å². The van der Waals surface area contributed by atoms with E-state index in [-0.39, 0.29) is 26.5 Å². The molecule has 0 atom stereocenters. The van der Waals surface area contributed by atoms with Crippen LogP contribution in [0.1, 0.15) is 26.3 Å². The van der Waals surface area contributed by atoms with Crippen molar-refractivity contribution in [1.82, 2.24) is 4.98 Å². The zero-order valence-electron chi connectivity index (χ0n) is 35.8. The first-order valence-electron chi connectivity index (χ1n) is 21.5. The molecule has 0 saturated carbocycles. The maximum Gasteiger partial charge on any atom is 0.135 e. The molecule has 0 fully saturated rings. The van der Waals surface area contributed by atoms with Gasteiger partial charge in [0.15, 0.2) is 0 Å². The number of aromatic nitrogens is 1. The SMILES string of the molecule is CC(C)(C)c1ccnc(N2c3[c-]c(N(c4[c-]c(N5[CH-]N(c6ccccc6)c6ccccc65)cc(-c5ccccc5)c4)c4ccccc4)ccc3-c3ccccc3-c3ccccc32)c1.[Pt]. The zero-order valence-corrected chi connectivity index (χ0v) is 38.0. The molecule has 1 aromatic heterocycles. The van der Waals surface area contributed by atoms with E-state index in [1.54, 1.807) is 0 Å². The van der Waals surface area contributed by atoms with E-state index < -0.39 is 0 Å². The first-order valence-corrected chi connectivity index (χ1v) is 21.5. The number of pyridine rings is 1. The quantitative estimate of drug-likeness (QED) is 0.148. The largest absolute Gasteiger partial charge is 0.493 e. The van der Waals surface area contributed by atoms with Gasteiger partial charge in [-0.3, -0.25) is 0 Å². The monoisotopic (exact) mass is 1010 g/mol. The summed E-state index contributed by atoms with van der Waals surface area (Å²) >= 11 is 0. The van der Waals surface area contributed by atoms with Gasteiger partial charge in [-0.2, -0.15) is 6.07 Å². The Hall–Kier alpha value is -7.20. The number of hydrogen-bond donors (Lipinski definition) is 0. The molecule has 314 valence electrons. The van der Waals surface area contributed by atoms with Crippen molar-refractivity contribution in [3.05, 3.63) is 231 Å². The first-order chi connectivity index (χ1) is 30.9. The fourth-order valence-electron chi connectivity index (χ4n) is 8.88. The van der Waals surface area contributed by atoms with Crippen LogP contribution in [-0.2, 0) is 26.5 Å². The molecule has 0 spiro atoms. The van der Waals surface area contributed by atoms with Gasteiger partial charge in [-0.05, 0) is 76.7 Å². The second-order valence-electron chi connectivity index (χ2n) is 17.0. The molecule has 2 aliphatic rings. The first kappa shape index (κ1) is 40.8. The summed E-state index contributed by atoms with van der Waals surface area (Å²) in [4.78, 5) is 14.2. The van der Waals surface area contributed by atoms with E-state index in [0.717, 1.165) is 84.8 Å². The Balaban J connectivity index is 0.00000484. The summed E-state index contributed by atoms with van der Waals surface area (Å²) < 4.78 is 0. The summed E-state index contributed by atoms with van der Waals surface area (Å²) in [5, 5.41) is 0. The smallest absolute Gasteiger partial charge is 0.135 e. The second kappa shape index (κ2) is 16.8. The number of benzene rings is 8. The third-order valence-electron chi connectivity index (χ3n) is 12.0. The van der Waals surface area contributed by atoms with Gasteiger partial charge < -0.3 is 19.6 Å². The van der Waals surface area contributed by atoms with Crippen LogP contribution >= 0.6 is 0 Å². The van der Waals surface area contributed by atoms with E-state index in [1.807, 2.05) is 6.20 Å². The van der Waals surface area contributed by atoms with Gasteiger partial charge in [-0.1, -0.05) is 165 Å². The third kappa shape index (κ3) is 7.36. The van der Waals surface area contributed by atoms with Crippen molar-refractivity contribution in [3.8, 4) is 33.4 Å². The molecule has 0 radical (unpaired) electrons. The van der Waals surface area contributed by atoms with Crippen molar-refractivity contribution in [2.45, 2.75) is 26.2 Å². The van der Waals surface area contributed by atoms with Gasteiger partial charge in [0.2, 0.25) is 0 Å². The molecular formula is C58H44N5Pt-3. The molecular weight excluding hydrogens is 962 g/mol. The minimum Gasteiger partial charge on any atom is -0.493 e. The van der Waals surface area contributed by atoms with Gasteiger partial charge in [-0.25, -0.2) is 4.98 Å². The van der Waals surface area contributed by atoms with E-state index in [1.165, 1.54) is 11.1 Å². The summed E-state index contributed by atoms with van der Waals surface area (Å²) in [6.07, 6.45) is 1.94. The summed E-state index contributed by atoms with van der Waals surface area (Å²) in [5.74, 6) is 0.842. The average molecular weight is 1010 g/mol. The van der Waals surface area contributed by atoms with Gasteiger partial charge in [-0.15, -0.1) is 53.8 Å². The topological polar surface area (TPSA) is 25.9 Å². The molecule has 11 rings (SSSR count). The molecule has 3 heterocycles. The Bertz CT molecular complexity index is 3110. The van der Waals surface area contributed by atoms with Crippen molar-refractivity contribution in [1.29, 1.82) is 0 Å². The Morgan fingerprint density at radius 3 is 1.80 bits per heavy atom. The van der Waals surface area contributed by atoms with E-state index >= 15 is 0 Å². The molecule has 0 saturated heterocycles. The van der Waals surface area contributed by atoms with Crippen molar-refractivity contribution in [2.24, 2.45) is 0 Å². The molecule has 6 heteroatoms. The average Bonchev–Trinajstić information content (AvgIpc) is 3.67. The molecule has 0 unspecified atom stereocenters. The minimum atomic E-state index is -0.0761. The van der Waals surface area contributed by atoms with Gasteiger partial charge in [0.1, 0.15) is 5.82 Å². The Morgan fingerprint density at radius 1 is 0.500 bits per heavy atom. The van der Waals surface area contributed by atoms with Gasteiger partial charge in [0.05, 0.1) is 5.69 Å². The van der Waals surface area contributed by atoms with Crippen LogP contribution in [0.25, 0.3) is 33.4 Å². The summed E-state index contributed by atoms with van der Waals surface area (Å²) in [5.41, 5.74) is 16.8. The molecule has 0 N–H and O–H groups in total. The predicted octanol–water partition coefficient (Wildman–Crippen LogP) is 15.6. The van der Waals surface area contributed by atoms with Crippen LogP contribution in [0.2, 0.25) is 0 Å². The predicted molar refractivity (Wildman–Crippen MR) is 261 cm³/mol. The van der Waals surface area contributed by atoms with Gasteiger partial charge >= 0.3 is 0 Å². The third-order valence-corrected chi connectivity index (χ3v) is 12.0. The molecule has 0 amide bonds. The molecule has 2 aliphatic heterocycles.